The molecule has 0 radical (unpaired) electrons. The number of carboxylic acids is 1. The van der Waals surface area contributed by atoms with Crippen LogP contribution in [0, 0.1) is 5.92 Å². The Morgan fingerprint density at radius 3 is 2.70 bits per heavy atom. The monoisotopic (exact) mass is 326 g/mol. The average molecular weight is 326 g/mol. The van der Waals surface area contributed by atoms with Crippen LogP contribution in [0.15, 0.2) is 22.4 Å². The van der Waals surface area contributed by atoms with E-state index < -0.39 is 12.0 Å². The molecule has 20 heavy (non-hydrogen) atoms. The molecule has 2 rings (SSSR count). The highest BCUT2D eigenvalue weighted by atomic mass is 32.2. The van der Waals surface area contributed by atoms with Crippen molar-refractivity contribution in [2.75, 3.05) is 0 Å². The largest absolute Gasteiger partial charge is 0.548 e. The van der Waals surface area contributed by atoms with Gasteiger partial charge in [-0.15, -0.1) is 11.3 Å². The van der Waals surface area contributed by atoms with Crippen molar-refractivity contribution < 1.29 is 14.7 Å². The van der Waals surface area contributed by atoms with E-state index in [0.29, 0.717) is 4.91 Å². The minimum Gasteiger partial charge on any atom is -0.548 e. The van der Waals surface area contributed by atoms with Crippen molar-refractivity contribution in [3.63, 3.8) is 0 Å². The molecule has 0 aromatic carbocycles. The Morgan fingerprint density at radius 1 is 1.50 bits per heavy atom. The van der Waals surface area contributed by atoms with Crippen molar-refractivity contribution in [2.24, 2.45) is 5.92 Å². The first-order valence-corrected chi connectivity index (χ1v) is 8.03. The summed E-state index contributed by atoms with van der Waals surface area (Å²) in [6, 6.07) is 2.74. The molecular formula is C13H12NO3S3-. The molecule has 1 amide bonds. The van der Waals surface area contributed by atoms with Crippen LogP contribution in [-0.4, -0.2) is 27.1 Å². The van der Waals surface area contributed by atoms with Crippen molar-refractivity contribution in [2.45, 2.75) is 19.9 Å². The number of carbonyl (C=O) groups excluding carboxylic acids is 2. The predicted molar refractivity (Wildman–Crippen MR) is 83.0 cm³/mol. The van der Waals surface area contributed by atoms with E-state index in [9.17, 15) is 14.7 Å². The number of hydrogen-bond donors (Lipinski definition) is 0. The number of thiophene rings is 1. The highest BCUT2D eigenvalue weighted by Crippen LogP contribution is 2.35. The average Bonchev–Trinajstić information content (AvgIpc) is 2.93. The van der Waals surface area contributed by atoms with E-state index in [-0.39, 0.29) is 16.1 Å². The number of nitrogens with zero attached hydrogens (tertiary/aromatic N) is 1. The van der Waals surface area contributed by atoms with Crippen LogP contribution >= 0.6 is 35.3 Å². The van der Waals surface area contributed by atoms with Gasteiger partial charge in [-0.3, -0.25) is 9.69 Å². The summed E-state index contributed by atoms with van der Waals surface area (Å²) < 4.78 is 0.265. The lowest BCUT2D eigenvalue weighted by Crippen LogP contribution is -2.52. The molecule has 1 aromatic rings. The van der Waals surface area contributed by atoms with Crippen molar-refractivity contribution in [1.82, 2.24) is 4.90 Å². The van der Waals surface area contributed by atoms with Crippen molar-refractivity contribution >= 4 is 57.6 Å². The maximum Gasteiger partial charge on any atom is 0.266 e. The first-order valence-electron chi connectivity index (χ1n) is 5.93. The molecule has 1 aromatic heterocycles. The highest BCUT2D eigenvalue weighted by Gasteiger charge is 2.39. The van der Waals surface area contributed by atoms with Crippen LogP contribution in [0.1, 0.15) is 18.7 Å². The van der Waals surface area contributed by atoms with Gasteiger partial charge in [0.1, 0.15) is 4.32 Å². The van der Waals surface area contributed by atoms with Gasteiger partial charge in [-0.05, 0) is 23.4 Å². The second kappa shape index (κ2) is 6.07. The Bertz CT molecular complexity index is 578. The first kappa shape index (κ1) is 15.2. The third kappa shape index (κ3) is 2.94. The van der Waals surface area contributed by atoms with Gasteiger partial charge in [0.2, 0.25) is 0 Å². The summed E-state index contributed by atoms with van der Waals surface area (Å²) in [6.07, 6.45) is 1.73. The minimum absolute atomic E-state index is 0.265. The van der Waals surface area contributed by atoms with E-state index in [1.54, 1.807) is 19.9 Å². The molecule has 0 saturated carbocycles. The lowest BCUT2D eigenvalue weighted by atomic mass is 10.0. The number of hydrogen-bond acceptors (Lipinski definition) is 6. The number of carboxylic acid groups (broad SMARTS) is 1. The molecular weight excluding hydrogens is 314 g/mol. The molecule has 7 heteroatoms. The summed E-state index contributed by atoms with van der Waals surface area (Å²) in [5.41, 5.74) is 0. The lowest BCUT2D eigenvalue weighted by molar-refractivity contribution is -0.311. The summed E-state index contributed by atoms with van der Waals surface area (Å²) in [5, 5.41) is 13.2. The molecule has 106 valence electrons. The number of thioether (sulfide) groups is 1. The SMILES string of the molecule is CC(C)[C@@H](C(=O)[O-])N1C(=O)/C(=C\c2cccs2)SC1=S. The first-order chi connectivity index (χ1) is 9.41. The second-order valence-corrected chi connectivity index (χ2v) is 7.23. The van der Waals surface area contributed by atoms with Gasteiger partial charge >= 0.3 is 0 Å². The molecule has 1 aliphatic heterocycles. The Balaban J connectivity index is 2.31. The third-order valence-corrected chi connectivity index (χ3v) is 4.94. The molecule has 0 N–H and O–H groups in total. The molecule has 2 heterocycles. The predicted octanol–water partition coefficient (Wildman–Crippen LogP) is 1.72. The highest BCUT2D eigenvalue weighted by molar-refractivity contribution is 8.26. The molecule has 4 nitrogen and oxygen atoms in total. The molecule has 0 bridgehead atoms. The van der Waals surface area contributed by atoms with Gasteiger partial charge in [0.15, 0.2) is 0 Å². The van der Waals surface area contributed by atoms with Crippen LogP contribution in [-0.2, 0) is 9.59 Å². The van der Waals surface area contributed by atoms with E-state index in [2.05, 4.69) is 0 Å². The molecule has 1 saturated heterocycles. The molecule has 0 spiro atoms. The maximum absolute atomic E-state index is 12.4. The fourth-order valence-corrected chi connectivity index (χ4v) is 3.95. The van der Waals surface area contributed by atoms with Crippen molar-refractivity contribution in [1.29, 1.82) is 0 Å². The number of amides is 1. The van der Waals surface area contributed by atoms with Gasteiger partial charge in [-0.25, -0.2) is 0 Å². The van der Waals surface area contributed by atoms with Crippen molar-refractivity contribution in [3.8, 4) is 0 Å². The Kier molecular flexibility index (Phi) is 4.62. The molecule has 1 aliphatic rings. The van der Waals surface area contributed by atoms with E-state index in [4.69, 9.17) is 12.2 Å². The van der Waals surface area contributed by atoms with Gasteiger partial charge < -0.3 is 9.90 Å². The molecule has 0 unspecified atom stereocenters. The smallest absolute Gasteiger partial charge is 0.266 e. The summed E-state index contributed by atoms with van der Waals surface area (Å²) in [4.78, 5) is 26.1. The number of rotatable bonds is 4. The number of carbonyl (C=O) groups is 2. The third-order valence-electron chi connectivity index (χ3n) is 2.79. The van der Waals surface area contributed by atoms with Gasteiger partial charge in [-0.1, -0.05) is 43.9 Å². The lowest BCUT2D eigenvalue weighted by Gasteiger charge is -2.30. The maximum atomic E-state index is 12.4. The van der Waals surface area contributed by atoms with Gasteiger partial charge in [0.05, 0.1) is 16.9 Å². The fraction of sp³-hybridized carbons (Fsp3) is 0.308. The van der Waals surface area contributed by atoms with E-state index in [1.807, 2.05) is 17.5 Å². The zero-order valence-corrected chi connectivity index (χ0v) is 13.3. The quantitative estimate of drug-likeness (QED) is 0.623. The van der Waals surface area contributed by atoms with E-state index in [1.165, 1.54) is 11.3 Å². The summed E-state index contributed by atoms with van der Waals surface area (Å²) >= 11 is 7.78. The minimum atomic E-state index is -1.28. The molecule has 1 fully saturated rings. The standard InChI is InChI=1S/C13H13NO3S3/c1-7(2)10(12(16)17)14-11(15)9(20-13(14)18)6-8-4-3-5-19-8/h3-7,10H,1-2H3,(H,16,17)/p-1/b9-6+/t10-/m0/s1. The number of aliphatic carboxylic acids is 1. The summed E-state index contributed by atoms with van der Waals surface area (Å²) in [6.45, 7) is 3.45. The summed E-state index contributed by atoms with van der Waals surface area (Å²) in [5.74, 6) is -1.92. The Labute approximate surface area is 130 Å². The van der Waals surface area contributed by atoms with Gasteiger partial charge in [-0.2, -0.15) is 0 Å². The fourth-order valence-electron chi connectivity index (χ4n) is 1.90. The van der Waals surface area contributed by atoms with Crippen molar-refractivity contribution in [3.05, 3.63) is 27.3 Å². The van der Waals surface area contributed by atoms with Crippen LogP contribution in [0.4, 0.5) is 0 Å². The van der Waals surface area contributed by atoms with Crippen LogP contribution < -0.4 is 5.11 Å². The van der Waals surface area contributed by atoms with Crippen LogP contribution in [0.3, 0.4) is 0 Å². The molecule has 1 atom stereocenters. The second-order valence-electron chi connectivity index (χ2n) is 4.58. The van der Waals surface area contributed by atoms with E-state index in [0.717, 1.165) is 21.5 Å². The normalized spacial score (nSPS) is 19.1. The van der Waals surface area contributed by atoms with Crippen LogP contribution in [0.5, 0.6) is 0 Å². The number of thiocarbonyl (C=S) groups is 1. The van der Waals surface area contributed by atoms with Crippen LogP contribution in [0.25, 0.3) is 6.08 Å². The van der Waals surface area contributed by atoms with E-state index >= 15 is 0 Å². The van der Waals surface area contributed by atoms with Crippen LogP contribution in [0.2, 0.25) is 0 Å². The zero-order chi connectivity index (χ0) is 14.9. The Morgan fingerprint density at radius 2 is 2.20 bits per heavy atom. The zero-order valence-electron chi connectivity index (χ0n) is 10.9. The van der Waals surface area contributed by atoms with Gasteiger partial charge in [0, 0.05) is 4.88 Å². The molecule has 0 aliphatic carbocycles. The Hall–Kier alpha value is -1.18. The summed E-state index contributed by atoms with van der Waals surface area (Å²) in [7, 11) is 0. The topological polar surface area (TPSA) is 60.4 Å². The van der Waals surface area contributed by atoms with Gasteiger partial charge in [0.25, 0.3) is 5.91 Å².